The predicted octanol–water partition coefficient (Wildman–Crippen LogP) is 1.44. The van der Waals surface area contributed by atoms with Gasteiger partial charge >= 0.3 is 0 Å². The first-order chi connectivity index (χ1) is 13.0. The van der Waals surface area contributed by atoms with Crippen LogP contribution in [0.3, 0.4) is 0 Å². The molecule has 0 spiro atoms. The van der Waals surface area contributed by atoms with Gasteiger partial charge in [-0.2, -0.15) is 0 Å². The first-order valence-electron chi connectivity index (χ1n) is 10.3. The van der Waals surface area contributed by atoms with Crippen molar-refractivity contribution in [1.29, 1.82) is 0 Å². The lowest BCUT2D eigenvalue weighted by Gasteiger charge is -2.32. The fourth-order valence-corrected chi connectivity index (χ4v) is 3.89. The molecule has 0 heterocycles. The first-order valence-corrected chi connectivity index (χ1v) is 10.3. The highest BCUT2D eigenvalue weighted by atomic mass is 14.6. The summed E-state index contributed by atoms with van der Waals surface area (Å²) in [6.45, 7) is 8.23. The van der Waals surface area contributed by atoms with Crippen LogP contribution >= 0.6 is 0 Å². The minimum Gasteiger partial charge on any atom is -0.330 e. The van der Waals surface area contributed by atoms with Gasteiger partial charge in [0.15, 0.2) is 0 Å². The molecule has 0 aliphatic carbocycles. The van der Waals surface area contributed by atoms with Gasteiger partial charge in [0.2, 0.25) is 0 Å². The highest BCUT2D eigenvalue weighted by Crippen LogP contribution is 2.34. The van der Waals surface area contributed by atoms with Crippen LogP contribution in [0.1, 0.15) is 68.2 Å². The van der Waals surface area contributed by atoms with Gasteiger partial charge in [0, 0.05) is 19.6 Å². The Morgan fingerprint density at radius 1 is 0.593 bits per heavy atom. The Morgan fingerprint density at radius 3 is 1.26 bits per heavy atom. The second-order valence-corrected chi connectivity index (χ2v) is 7.22. The predicted molar refractivity (Wildman–Crippen MR) is 118 cm³/mol. The summed E-state index contributed by atoms with van der Waals surface area (Å²) in [7, 11) is 0. The van der Waals surface area contributed by atoms with Gasteiger partial charge in [-0.3, -0.25) is 0 Å². The highest BCUT2D eigenvalue weighted by molar-refractivity contribution is 5.38. The molecular weight excluding hydrogens is 336 g/mol. The van der Waals surface area contributed by atoms with Crippen molar-refractivity contribution >= 4 is 0 Å². The molecule has 12 N–H and O–H groups in total. The number of hydrogen-bond donors (Lipinski definition) is 6. The highest BCUT2D eigenvalue weighted by Gasteiger charge is 2.26. The van der Waals surface area contributed by atoms with E-state index < -0.39 is 0 Å². The molecule has 6 nitrogen and oxygen atoms in total. The molecule has 1 aromatic carbocycles. The van der Waals surface area contributed by atoms with Gasteiger partial charge in [-0.15, -0.1) is 0 Å². The topological polar surface area (TPSA) is 156 Å². The molecule has 0 saturated heterocycles. The van der Waals surface area contributed by atoms with Gasteiger partial charge in [0.05, 0.1) is 0 Å². The summed E-state index contributed by atoms with van der Waals surface area (Å²) >= 11 is 0. The Kier molecular flexibility index (Phi) is 14.4. The van der Waals surface area contributed by atoms with Crippen LogP contribution in [0.5, 0.6) is 0 Å². The van der Waals surface area contributed by atoms with Gasteiger partial charge in [0.25, 0.3) is 0 Å². The third-order valence-electron chi connectivity index (χ3n) is 5.37. The smallest absolute Gasteiger partial charge is 0.0181 e. The number of nitrogens with two attached hydrogens (primary N) is 6. The average Bonchev–Trinajstić information content (AvgIpc) is 2.68. The fourth-order valence-electron chi connectivity index (χ4n) is 3.89. The van der Waals surface area contributed by atoms with E-state index in [0.29, 0.717) is 25.0 Å². The molecule has 0 unspecified atom stereocenters. The summed E-state index contributed by atoms with van der Waals surface area (Å²) in [5.74, 6) is 0. The molecule has 0 amide bonds. The minimum atomic E-state index is 0.326. The molecule has 27 heavy (non-hydrogen) atoms. The normalized spacial score (nSPS) is 11.3. The molecule has 0 aliphatic rings. The zero-order valence-electron chi connectivity index (χ0n) is 17.6. The van der Waals surface area contributed by atoms with Crippen molar-refractivity contribution in [2.75, 3.05) is 19.6 Å². The van der Waals surface area contributed by atoms with Crippen molar-refractivity contribution in [3.8, 4) is 0 Å². The summed E-state index contributed by atoms with van der Waals surface area (Å²) in [5, 5.41) is 0. The molecule has 0 saturated carbocycles. The van der Waals surface area contributed by atoms with E-state index in [4.69, 9.17) is 34.4 Å². The fraction of sp³-hybridized carbons (Fsp3) is 0.714. The van der Waals surface area contributed by atoms with Crippen LogP contribution in [0.15, 0.2) is 12.1 Å². The molecule has 0 fully saturated rings. The molecule has 1 rings (SSSR count). The summed E-state index contributed by atoms with van der Waals surface area (Å²) in [4.78, 5) is 0. The third-order valence-corrected chi connectivity index (χ3v) is 5.37. The molecule has 0 radical (unpaired) electrons. The number of hydrogen-bond acceptors (Lipinski definition) is 6. The second kappa shape index (κ2) is 15.0. The molecular formula is C21H44N6. The van der Waals surface area contributed by atoms with Gasteiger partial charge in [0.1, 0.15) is 0 Å². The Bertz CT molecular complexity index is 416. The summed E-state index contributed by atoms with van der Waals surface area (Å²) < 4.78 is 0. The number of rotatable bonds is 12. The monoisotopic (exact) mass is 380 g/mol. The Morgan fingerprint density at radius 2 is 0.963 bits per heavy atom. The molecule has 158 valence electrons. The van der Waals surface area contributed by atoms with Gasteiger partial charge in [-0.1, -0.05) is 32.4 Å². The van der Waals surface area contributed by atoms with Crippen LogP contribution in [-0.4, -0.2) is 19.6 Å². The number of benzene rings is 1. The van der Waals surface area contributed by atoms with Crippen LogP contribution in [0.4, 0.5) is 0 Å². The lowest BCUT2D eigenvalue weighted by Crippen LogP contribution is -2.30. The van der Waals surface area contributed by atoms with E-state index in [-0.39, 0.29) is 0 Å². The third kappa shape index (κ3) is 8.68. The van der Waals surface area contributed by atoms with Crippen LogP contribution in [0.2, 0.25) is 0 Å². The van der Waals surface area contributed by atoms with E-state index in [1.165, 1.54) is 24.0 Å². The molecule has 0 aliphatic heterocycles. The van der Waals surface area contributed by atoms with Crippen molar-refractivity contribution < 1.29 is 0 Å². The number of aryl methyl sites for hydroxylation is 1. The lowest BCUT2D eigenvalue weighted by atomic mass is 9.74. The largest absolute Gasteiger partial charge is 0.330 e. The van der Waals surface area contributed by atoms with E-state index in [0.717, 1.165) is 56.4 Å². The van der Waals surface area contributed by atoms with E-state index >= 15 is 0 Å². The Balaban J connectivity index is 0.000000503. The van der Waals surface area contributed by atoms with Crippen LogP contribution < -0.4 is 34.4 Å². The van der Waals surface area contributed by atoms with E-state index in [1.54, 1.807) is 0 Å². The summed E-state index contributed by atoms with van der Waals surface area (Å²) in [6.07, 6.45) is 6.59. The Hall–Kier alpha value is -1.02. The van der Waals surface area contributed by atoms with Crippen LogP contribution in [0.25, 0.3) is 0 Å². The van der Waals surface area contributed by atoms with Gasteiger partial charge in [-0.25, -0.2) is 0 Å². The minimum absolute atomic E-state index is 0.326. The van der Waals surface area contributed by atoms with Crippen molar-refractivity contribution in [3.05, 3.63) is 34.4 Å². The van der Waals surface area contributed by atoms with Crippen molar-refractivity contribution in [1.82, 2.24) is 0 Å². The van der Waals surface area contributed by atoms with Crippen LogP contribution in [0, 0.1) is 5.41 Å². The first kappa shape index (κ1) is 26.0. The van der Waals surface area contributed by atoms with Gasteiger partial charge < -0.3 is 34.4 Å². The molecule has 0 atom stereocenters. The Labute approximate surface area is 166 Å². The zero-order valence-corrected chi connectivity index (χ0v) is 17.6. The standard InChI is InChI=1S/C11H19N3.C10H25N3/c1-2-8-3-10(6-13)11(7-14)4-9(8)5-12;1-2-3-10(4-7-11,5-8-12)6-9-13/h3-4H,2,5-7,12-14H2,1H3;2-9,11-13H2,1H3. The van der Waals surface area contributed by atoms with E-state index in [2.05, 4.69) is 26.0 Å². The van der Waals surface area contributed by atoms with Crippen molar-refractivity contribution in [2.45, 2.75) is 72.0 Å². The van der Waals surface area contributed by atoms with Crippen molar-refractivity contribution in [3.63, 3.8) is 0 Å². The summed E-state index contributed by atoms with van der Waals surface area (Å²) in [6, 6.07) is 4.21. The van der Waals surface area contributed by atoms with E-state index in [1.807, 2.05) is 0 Å². The average molecular weight is 381 g/mol. The lowest BCUT2D eigenvalue weighted by molar-refractivity contribution is 0.209. The maximum atomic E-state index is 5.67. The molecule has 6 heteroatoms. The molecule has 0 aromatic heterocycles. The van der Waals surface area contributed by atoms with Crippen molar-refractivity contribution in [2.24, 2.45) is 39.8 Å². The maximum Gasteiger partial charge on any atom is 0.0181 e. The zero-order chi connectivity index (χ0) is 20.7. The van der Waals surface area contributed by atoms with Crippen LogP contribution in [-0.2, 0) is 26.1 Å². The van der Waals surface area contributed by atoms with Gasteiger partial charge in [-0.05, 0) is 79.4 Å². The van der Waals surface area contributed by atoms with E-state index in [9.17, 15) is 0 Å². The second-order valence-electron chi connectivity index (χ2n) is 7.22. The maximum absolute atomic E-state index is 5.67. The molecule has 0 bridgehead atoms. The quantitative estimate of drug-likeness (QED) is 0.322. The molecule has 1 aromatic rings. The SMILES string of the molecule is CCCC(CCN)(CCN)CCN.CCc1cc(CN)c(CN)cc1CN. The summed E-state index contributed by atoms with van der Waals surface area (Å²) in [5.41, 5.74) is 38.9.